The molecule has 0 saturated carbocycles. The van der Waals surface area contributed by atoms with Gasteiger partial charge in [0.2, 0.25) is 15.9 Å². The molecule has 5 rings (SSSR count). The van der Waals surface area contributed by atoms with Crippen LogP contribution in [-0.2, 0) is 14.8 Å². The number of ether oxygens (including phenoxy) is 2. The van der Waals surface area contributed by atoms with Crippen molar-refractivity contribution in [2.24, 2.45) is 5.92 Å². The summed E-state index contributed by atoms with van der Waals surface area (Å²) < 4.78 is 40.4. The topological polar surface area (TPSA) is 116 Å². The summed E-state index contributed by atoms with van der Waals surface area (Å²) >= 11 is 0. The molecule has 35 heavy (non-hydrogen) atoms. The summed E-state index contributed by atoms with van der Waals surface area (Å²) in [7, 11) is -3.68. The smallest absolute Gasteiger partial charge is 0.243 e. The molecule has 1 N–H and O–H groups in total. The van der Waals surface area contributed by atoms with Crippen LogP contribution in [0.4, 0.5) is 0 Å². The standard InChI is InChI=1S/C24H27N5O5S/c1-17(18-2-4-20(5-3-18)29-16-25-15-26-29)27-24(30)19-8-10-28(11-9-19)35(31,32)21-6-7-22-23(14-21)34-13-12-33-22/h2-7,14-17,19H,8-13H2,1H3,(H,27,30)/t17-/m0/s1. The monoisotopic (exact) mass is 497 g/mol. The van der Waals surface area contributed by atoms with E-state index in [0.717, 1.165) is 11.3 Å². The SMILES string of the molecule is C[C@H](NC(=O)C1CCN(S(=O)(=O)c2ccc3c(c2)OCCO3)CC1)c1ccc(-n2cncn2)cc1. The van der Waals surface area contributed by atoms with Gasteiger partial charge in [-0.15, -0.1) is 0 Å². The van der Waals surface area contributed by atoms with Gasteiger partial charge in [0.15, 0.2) is 11.5 Å². The lowest BCUT2D eigenvalue weighted by Gasteiger charge is -2.31. The maximum atomic E-state index is 13.1. The van der Waals surface area contributed by atoms with Gasteiger partial charge in [0.1, 0.15) is 25.9 Å². The minimum Gasteiger partial charge on any atom is -0.486 e. The fraction of sp³-hybridized carbons (Fsp3) is 0.375. The molecule has 1 fully saturated rings. The van der Waals surface area contributed by atoms with Crippen molar-refractivity contribution in [3.8, 4) is 17.2 Å². The number of sulfonamides is 1. The Bertz CT molecular complexity index is 1290. The van der Waals surface area contributed by atoms with Crippen LogP contribution in [0.2, 0.25) is 0 Å². The van der Waals surface area contributed by atoms with E-state index in [4.69, 9.17) is 9.47 Å². The van der Waals surface area contributed by atoms with Gasteiger partial charge in [-0.1, -0.05) is 12.1 Å². The second-order valence-corrected chi connectivity index (χ2v) is 10.6. The van der Waals surface area contributed by atoms with Crippen molar-refractivity contribution in [2.45, 2.75) is 30.7 Å². The van der Waals surface area contributed by atoms with Gasteiger partial charge in [-0.2, -0.15) is 9.40 Å². The van der Waals surface area contributed by atoms with Crippen LogP contribution in [0.5, 0.6) is 11.5 Å². The number of hydrogen-bond donors (Lipinski definition) is 1. The minimum absolute atomic E-state index is 0.0609. The first kappa shape index (κ1) is 23.3. The highest BCUT2D eigenvalue weighted by Crippen LogP contribution is 2.34. The molecule has 1 saturated heterocycles. The highest BCUT2D eigenvalue weighted by atomic mass is 32.2. The maximum absolute atomic E-state index is 13.1. The molecule has 2 aliphatic rings. The second kappa shape index (κ2) is 9.67. The highest BCUT2D eigenvalue weighted by molar-refractivity contribution is 7.89. The molecule has 11 heteroatoms. The zero-order valence-corrected chi connectivity index (χ0v) is 20.1. The summed E-state index contributed by atoms with van der Waals surface area (Å²) in [6.07, 6.45) is 4.03. The lowest BCUT2D eigenvalue weighted by molar-refractivity contribution is -0.126. The third-order valence-electron chi connectivity index (χ3n) is 6.41. The molecule has 0 aliphatic carbocycles. The number of rotatable bonds is 6. The molecule has 1 atom stereocenters. The van der Waals surface area contributed by atoms with E-state index in [0.29, 0.717) is 37.6 Å². The zero-order valence-electron chi connectivity index (χ0n) is 19.3. The molecule has 2 aliphatic heterocycles. The summed E-state index contributed by atoms with van der Waals surface area (Å²) in [5.41, 5.74) is 1.86. The van der Waals surface area contributed by atoms with Crippen LogP contribution in [0.15, 0.2) is 60.0 Å². The Morgan fingerprint density at radius 1 is 1.06 bits per heavy atom. The van der Waals surface area contributed by atoms with Crippen LogP contribution in [0.3, 0.4) is 0 Å². The quantitative estimate of drug-likeness (QED) is 0.556. The Morgan fingerprint density at radius 2 is 1.77 bits per heavy atom. The van der Waals surface area contributed by atoms with Crippen molar-refractivity contribution in [3.63, 3.8) is 0 Å². The third-order valence-corrected chi connectivity index (χ3v) is 8.31. The summed E-state index contributed by atoms with van der Waals surface area (Å²) in [5.74, 6) is 0.690. The van der Waals surface area contributed by atoms with Crippen molar-refractivity contribution in [3.05, 3.63) is 60.7 Å². The molecule has 184 valence electrons. The van der Waals surface area contributed by atoms with Crippen molar-refractivity contribution in [1.29, 1.82) is 0 Å². The number of nitrogens with zero attached hydrogens (tertiary/aromatic N) is 4. The summed E-state index contributed by atoms with van der Waals surface area (Å²) in [5, 5.41) is 7.18. The molecule has 2 aromatic carbocycles. The molecule has 3 aromatic rings. The van der Waals surface area contributed by atoms with Crippen molar-refractivity contribution in [2.75, 3.05) is 26.3 Å². The number of benzene rings is 2. The summed E-state index contributed by atoms with van der Waals surface area (Å²) in [4.78, 5) is 17.0. The van der Waals surface area contributed by atoms with Crippen molar-refractivity contribution < 1.29 is 22.7 Å². The Kier molecular flexibility index (Phi) is 6.44. The van der Waals surface area contributed by atoms with Gasteiger partial charge < -0.3 is 14.8 Å². The fourth-order valence-corrected chi connectivity index (χ4v) is 5.85. The molecular formula is C24H27N5O5S. The Hall–Kier alpha value is -3.44. The molecule has 10 nitrogen and oxygen atoms in total. The van der Waals surface area contributed by atoms with Crippen LogP contribution >= 0.6 is 0 Å². The first-order chi connectivity index (χ1) is 16.9. The molecular weight excluding hydrogens is 470 g/mol. The average Bonchev–Trinajstić information content (AvgIpc) is 3.43. The predicted octanol–water partition coefficient (Wildman–Crippen LogP) is 2.32. The van der Waals surface area contributed by atoms with Crippen LogP contribution < -0.4 is 14.8 Å². The average molecular weight is 498 g/mol. The lowest BCUT2D eigenvalue weighted by atomic mass is 9.96. The van der Waals surface area contributed by atoms with Gasteiger partial charge in [0, 0.05) is 25.1 Å². The van der Waals surface area contributed by atoms with Gasteiger partial charge in [0.25, 0.3) is 0 Å². The number of carbonyl (C=O) groups excluding carboxylic acids is 1. The van der Waals surface area contributed by atoms with Crippen molar-refractivity contribution >= 4 is 15.9 Å². The van der Waals surface area contributed by atoms with Gasteiger partial charge in [-0.25, -0.2) is 18.1 Å². The van der Waals surface area contributed by atoms with E-state index < -0.39 is 10.0 Å². The number of carbonyl (C=O) groups is 1. The lowest BCUT2D eigenvalue weighted by Crippen LogP contribution is -2.43. The number of fused-ring (bicyclic) bond motifs is 1. The second-order valence-electron chi connectivity index (χ2n) is 8.65. The molecule has 1 amide bonds. The van der Waals surface area contributed by atoms with Crippen LogP contribution in [0, 0.1) is 5.92 Å². The van der Waals surface area contributed by atoms with Gasteiger partial charge in [0.05, 0.1) is 16.6 Å². The van der Waals surface area contributed by atoms with Gasteiger partial charge >= 0.3 is 0 Å². The first-order valence-electron chi connectivity index (χ1n) is 11.6. The summed E-state index contributed by atoms with van der Waals surface area (Å²) in [6.45, 7) is 3.35. The predicted molar refractivity (Wildman–Crippen MR) is 127 cm³/mol. The number of hydrogen-bond acceptors (Lipinski definition) is 7. The van der Waals surface area contributed by atoms with Crippen LogP contribution in [-0.4, -0.2) is 59.7 Å². The number of amides is 1. The molecule has 1 aromatic heterocycles. The van der Waals surface area contributed by atoms with E-state index in [1.165, 1.54) is 22.8 Å². The highest BCUT2D eigenvalue weighted by Gasteiger charge is 2.33. The largest absolute Gasteiger partial charge is 0.486 e. The number of nitrogens with one attached hydrogen (secondary N) is 1. The Balaban J connectivity index is 1.17. The maximum Gasteiger partial charge on any atom is 0.243 e. The van der Waals surface area contributed by atoms with E-state index in [-0.39, 0.29) is 35.9 Å². The number of aromatic nitrogens is 3. The molecule has 3 heterocycles. The minimum atomic E-state index is -3.68. The summed E-state index contributed by atoms with van der Waals surface area (Å²) in [6, 6.07) is 12.3. The Labute approximate surface area is 203 Å². The van der Waals surface area contributed by atoms with Crippen LogP contribution in [0.1, 0.15) is 31.4 Å². The van der Waals surface area contributed by atoms with E-state index in [9.17, 15) is 13.2 Å². The van der Waals surface area contributed by atoms with E-state index >= 15 is 0 Å². The van der Waals surface area contributed by atoms with Gasteiger partial charge in [-0.3, -0.25) is 4.79 Å². The van der Waals surface area contributed by atoms with E-state index in [2.05, 4.69) is 15.4 Å². The molecule has 0 bridgehead atoms. The third kappa shape index (κ3) is 4.87. The van der Waals surface area contributed by atoms with E-state index in [1.807, 2.05) is 31.2 Å². The normalized spacial score (nSPS) is 17.6. The Morgan fingerprint density at radius 3 is 2.46 bits per heavy atom. The number of piperidine rings is 1. The molecule has 0 radical (unpaired) electrons. The van der Waals surface area contributed by atoms with Gasteiger partial charge in [-0.05, 0) is 49.6 Å². The molecule has 0 unspecified atom stereocenters. The first-order valence-corrected chi connectivity index (χ1v) is 13.0. The van der Waals surface area contributed by atoms with Crippen molar-refractivity contribution in [1.82, 2.24) is 24.4 Å². The van der Waals surface area contributed by atoms with E-state index in [1.54, 1.807) is 17.1 Å². The molecule has 0 spiro atoms. The van der Waals surface area contributed by atoms with Crippen LogP contribution in [0.25, 0.3) is 5.69 Å². The fourth-order valence-electron chi connectivity index (χ4n) is 4.36. The zero-order chi connectivity index (χ0) is 24.4.